The maximum Gasteiger partial charge on any atom is 0.416 e. The predicted molar refractivity (Wildman–Crippen MR) is 110 cm³/mol. The van der Waals surface area contributed by atoms with Crippen molar-refractivity contribution in [1.29, 1.82) is 0 Å². The van der Waals surface area contributed by atoms with E-state index in [1.54, 1.807) is 36.4 Å². The number of rotatable bonds is 3. The van der Waals surface area contributed by atoms with Crippen molar-refractivity contribution in [3.63, 3.8) is 0 Å². The Hall–Kier alpha value is -4.38. The average Bonchev–Trinajstić information content (AvgIpc) is 3.28. The normalized spacial score (nSPS) is 11.0. The first-order valence-electron chi connectivity index (χ1n) is 9.27. The molecule has 0 atom stereocenters. The molecule has 0 amide bonds. The van der Waals surface area contributed by atoms with Crippen LogP contribution < -0.4 is 0 Å². The van der Waals surface area contributed by atoms with Crippen LogP contribution in [0.5, 0.6) is 0 Å². The molecule has 0 bridgehead atoms. The van der Waals surface area contributed by atoms with E-state index in [4.69, 9.17) is 9.63 Å². The summed E-state index contributed by atoms with van der Waals surface area (Å²) in [5.41, 5.74) is 1.33. The Morgan fingerprint density at radius 2 is 1.59 bits per heavy atom. The van der Waals surface area contributed by atoms with Crippen molar-refractivity contribution in [3.05, 3.63) is 95.1 Å². The van der Waals surface area contributed by atoms with Crippen molar-refractivity contribution in [1.82, 2.24) is 10.1 Å². The molecule has 3 aromatic carbocycles. The lowest BCUT2D eigenvalue weighted by atomic mass is 10.1. The minimum absolute atomic E-state index is 0.103. The molecule has 0 saturated heterocycles. The first-order chi connectivity index (χ1) is 15.3. The first kappa shape index (κ1) is 20.9. The molecular formula is C24H13F3N2O3. The van der Waals surface area contributed by atoms with Gasteiger partial charge in [-0.3, -0.25) is 0 Å². The second-order valence-corrected chi connectivity index (χ2v) is 6.72. The van der Waals surface area contributed by atoms with E-state index in [1.165, 1.54) is 24.3 Å². The zero-order valence-corrected chi connectivity index (χ0v) is 16.2. The van der Waals surface area contributed by atoms with Crippen molar-refractivity contribution < 1.29 is 27.6 Å². The van der Waals surface area contributed by atoms with Gasteiger partial charge < -0.3 is 9.63 Å². The van der Waals surface area contributed by atoms with Gasteiger partial charge in [-0.2, -0.15) is 18.2 Å². The predicted octanol–water partition coefficient (Wildman–Crippen LogP) is 5.52. The summed E-state index contributed by atoms with van der Waals surface area (Å²) in [7, 11) is 0. The second kappa shape index (κ2) is 8.40. The molecule has 0 aliphatic rings. The highest BCUT2D eigenvalue weighted by atomic mass is 19.4. The number of carbonyl (C=O) groups is 1. The fourth-order valence-corrected chi connectivity index (χ4v) is 2.86. The highest BCUT2D eigenvalue weighted by Gasteiger charge is 2.30. The minimum atomic E-state index is -4.42. The zero-order valence-electron chi connectivity index (χ0n) is 16.2. The molecule has 4 rings (SSSR count). The van der Waals surface area contributed by atoms with Gasteiger partial charge >= 0.3 is 12.1 Å². The quantitative estimate of drug-likeness (QED) is 0.430. The Kier molecular flexibility index (Phi) is 5.48. The van der Waals surface area contributed by atoms with Gasteiger partial charge in [0.15, 0.2) is 0 Å². The fraction of sp³-hybridized carbons (Fsp3) is 0.0417. The summed E-state index contributed by atoms with van der Waals surface area (Å²) in [4.78, 5) is 15.4. The number of benzene rings is 3. The maximum absolute atomic E-state index is 12.8. The summed E-state index contributed by atoms with van der Waals surface area (Å²) in [5, 5.41) is 13.0. The molecule has 1 N–H and O–H groups in total. The van der Waals surface area contributed by atoms with Crippen LogP contribution in [0.3, 0.4) is 0 Å². The van der Waals surface area contributed by atoms with E-state index in [-0.39, 0.29) is 17.0 Å². The largest absolute Gasteiger partial charge is 0.478 e. The van der Waals surface area contributed by atoms with Crippen LogP contribution in [0.1, 0.15) is 27.0 Å². The molecule has 0 unspecified atom stereocenters. The summed E-state index contributed by atoms with van der Waals surface area (Å²) in [6.45, 7) is 0. The topological polar surface area (TPSA) is 76.2 Å². The zero-order chi connectivity index (χ0) is 22.7. The van der Waals surface area contributed by atoms with Gasteiger partial charge in [-0.05, 0) is 60.7 Å². The molecule has 4 aromatic rings. The summed E-state index contributed by atoms with van der Waals surface area (Å²) in [5.74, 6) is 4.97. The smallest absolute Gasteiger partial charge is 0.416 e. The molecular weight excluding hydrogens is 421 g/mol. The number of nitrogens with zero attached hydrogens (tertiary/aromatic N) is 2. The van der Waals surface area contributed by atoms with Crippen molar-refractivity contribution in [2.75, 3.05) is 0 Å². The van der Waals surface area contributed by atoms with E-state index in [2.05, 4.69) is 22.0 Å². The number of aromatic carboxylic acids is 1. The standard InChI is InChI=1S/C24H13F3N2O3/c25-24(26,27)20-6-1-3-16(13-20)8-7-15-9-11-17(12-10-15)21-28-22(32-29-21)18-4-2-5-19(14-18)23(30)31/h1-6,9-14H,(H,30,31). The van der Waals surface area contributed by atoms with Gasteiger partial charge in [0.05, 0.1) is 11.1 Å². The molecule has 8 heteroatoms. The Labute approximate surface area is 180 Å². The maximum atomic E-state index is 12.8. The Bertz CT molecular complexity index is 1350. The third-order valence-corrected chi connectivity index (χ3v) is 4.47. The summed E-state index contributed by atoms with van der Waals surface area (Å²) in [6, 6.07) is 17.8. The van der Waals surface area contributed by atoms with Gasteiger partial charge in [0, 0.05) is 22.3 Å². The molecule has 158 valence electrons. The molecule has 0 saturated carbocycles. The molecule has 0 radical (unpaired) electrons. The molecule has 0 aliphatic carbocycles. The van der Waals surface area contributed by atoms with Crippen LogP contribution >= 0.6 is 0 Å². The Balaban J connectivity index is 1.53. The Morgan fingerprint density at radius 1 is 0.875 bits per heavy atom. The number of carboxylic acids is 1. The van der Waals surface area contributed by atoms with Gasteiger partial charge in [0.2, 0.25) is 5.82 Å². The number of alkyl halides is 3. The first-order valence-corrected chi connectivity index (χ1v) is 9.27. The second-order valence-electron chi connectivity index (χ2n) is 6.72. The summed E-state index contributed by atoms with van der Waals surface area (Å²) in [6.07, 6.45) is -4.42. The van der Waals surface area contributed by atoms with Crippen LogP contribution in [0.15, 0.2) is 77.3 Å². The molecule has 0 aliphatic heterocycles. The summed E-state index contributed by atoms with van der Waals surface area (Å²) < 4.78 is 43.7. The molecule has 0 spiro atoms. The number of halogens is 3. The van der Waals surface area contributed by atoms with E-state index < -0.39 is 17.7 Å². The molecule has 1 heterocycles. The van der Waals surface area contributed by atoms with E-state index in [1.807, 2.05) is 0 Å². The molecule has 1 aromatic heterocycles. The van der Waals surface area contributed by atoms with Crippen molar-refractivity contribution >= 4 is 5.97 Å². The van der Waals surface area contributed by atoms with E-state index in [0.29, 0.717) is 22.5 Å². The minimum Gasteiger partial charge on any atom is -0.478 e. The van der Waals surface area contributed by atoms with Crippen LogP contribution in [0.4, 0.5) is 13.2 Å². The monoisotopic (exact) mass is 434 g/mol. The van der Waals surface area contributed by atoms with Crippen LogP contribution in [0.25, 0.3) is 22.8 Å². The lowest BCUT2D eigenvalue weighted by Gasteiger charge is -2.05. The third kappa shape index (κ3) is 4.68. The number of hydrogen-bond acceptors (Lipinski definition) is 4. The highest BCUT2D eigenvalue weighted by Crippen LogP contribution is 2.29. The highest BCUT2D eigenvalue weighted by molar-refractivity contribution is 5.89. The van der Waals surface area contributed by atoms with Gasteiger partial charge in [0.1, 0.15) is 0 Å². The van der Waals surface area contributed by atoms with Crippen molar-refractivity contribution in [3.8, 4) is 34.7 Å². The molecule has 0 fully saturated rings. The summed E-state index contributed by atoms with van der Waals surface area (Å²) >= 11 is 0. The lowest BCUT2D eigenvalue weighted by molar-refractivity contribution is -0.137. The fourth-order valence-electron chi connectivity index (χ4n) is 2.86. The number of carboxylic acid groups (broad SMARTS) is 1. The van der Waals surface area contributed by atoms with Gasteiger partial charge in [-0.15, -0.1) is 0 Å². The third-order valence-electron chi connectivity index (χ3n) is 4.47. The lowest BCUT2D eigenvalue weighted by Crippen LogP contribution is -2.04. The SMILES string of the molecule is O=C(O)c1cccc(-c2nc(-c3ccc(C#Cc4cccc(C(F)(F)F)c4)cc3)no2)c1. The average molecular weight is 434 g/mol. The van der Waals surface area contributed by atoms with E-state index >= 15 is 0 Å². The number of aromatic nitrogens is 2. The van der Waals surface area contributed by atoms with Gasteiger partial charge in [0.25, 0.3) is 5.89 Å². The van der Waals surface area contributed by atoms with Crippen LogP contribution in [-0.4, -0.2) is 21.2 Å². The van der Waals surface area contributed by atoms with E-state index in [0.717, 1.165) is 12.1 Å². The molecule has 32 heavy (non-hydrogen) atoms. The van der Waals surface area contributed by atoms with Crippen LogP contribution in [0, 0.1) is 11.8 Å². The van der Waals surface area contributed by atoms with Crippen LogP contribution in [0.2, 0.25) is 0 Å². The van der Waals surface area contributed by atoms with Crippen molar-refractivity contribution in [2.24, 2.45) is 0 Å². The number of hydrogen-bond donors (Lipinski definition) is 1. The van der Waals surface area contributed by atoms with Gasteiger partial charge in [-0.25, -0.2) is 4.79 Å². The van der Waals surface area contributed by atoms with E-state index in [9.17, 15) is 18.0 Å². The van der Waals surface area contributed by atoms with Crippen LogP contribution in [-0.2, 0) is 6.18 Å². The van der Waals surface area contributed by atoms with Gasteiger partial charge in [-0.1, -0.05) is 29.1 Å². The molecule has 5 nitrogen and oxygen atoms in total. The van der Waals surface area contributed by atoms with Crippen molar-refractivity contribution in [2.45, 2.75) is 6.18 Å². The Morgan fingerprint density at radius 3 is 2.31 bits per heavy atom.